The van der Waals surface area contributed by atoms with Crippen molar-refractivity contribution in [1.82, 2.24) is 5.32 Å². The fourth-order valence-corrected chi connectivity index (χ4v) is 12.3. The second-order valence-electron chi connectivity index (χ2n) is 20.7. The normalized spacial score (nSPS) is 33.4. The Bertz CT molecular complexity index is 2340. The van der Waals surface area contributed by atoms with Gasteiger partial charge < -0.3 is 38.5 Å². The van der Waals surface area contributed by atoms with Gasteiger partial charge in [-0.25, -0.2) is 0 Å². The third-order valence-corrected chi connectivity index (χ3v) is 16.8. The highest BCUT2D eigenvalue weighted by Gasteiger charge is 2.66. The van der Waals surface area contributed by atoms with Gasteiger partial charge in [0.15, 0.2) is 0 Å². The van der Waals surface area contributed by atoms with Crippen molar-refractivity contribution >= 4 is 58.9 Å². The molecule has 70 heavy (non-hydrogen) atoms. The SMILES string of the molecule is COC(=O)CC[C@@H]1/C2=C(\C)C3=N[C@H]([C@H](CC(=O)OC)[C@@]3(C)CCC(=O)OC)[C@]3(C)N=C(/C(C)=C4\N/C(=C\C(=N2)C1(C)C)[C@@H](CCC(=O)OC)[C@]4(C)CC(=O)OC)[C@@H](CCC(=O)OC)[C@]3(C)CC(=O)OC. The Morgan fingerprint density at radius 1 is 0.586 bits per heavy atom. The first-order valence-corrected chi connectivity index (χ1v) is 24.0. The number of aliphatic imine (C=N–C) groups is 3. The van der Waals surface area contributed by atoms with Crippen LogP contribution in [0.1, 0.15) is 126 Å². The zero-order valence-electron chi connectivity index (χ0n) is 43.8. The molecule has 0 aromatic heterocycles. The molecular formula is C52H74N4O14. The first kappa shape index (κ1) is 55.2. The Morgan fingerprint density at radius 2 is 1.07 bits per heavy atom. The number of hydrogen-bond acceptors (Lipinski definition) is 18. The number of hydrogen-bond donors (Lipinski definition) is 1. The highest BCUT2D eigenvalue weighted by atomic mass is 16.5. The van der Waals surface area contributed by atoms with Gasteiger partial charge in [-0.2, -0.15) is 0 Å². The fourth-order valence-electron chi connectivity index (χ4n) is 12.3. The van der Waals surface area contributed by atoms with Crippen LogP contribution in [0.15, 0.2) is 49.3 Å². The summed E-state index contributed by atoms with van der Waals surface area (Å²) < 4.78 is 36.8. The van der Waals surface area contributed by atoms with E-state index in [1.165, 1.54) is 49.8 Å². The molecule has 5 heterocycles. The third-order valence-electron chi connectivity index (χ3n) is 16.8. The van der Waals surface area contributed by atoms with E-state index < -0.39 is 98.7 Å². The minimum atomic E-state index is -1.37. The molecule has 0 amide bonds. The predicted octanol–water partition coefficient (Wildman–Crippen LogP) is 6.54. The van der Waals surface area contributed by atoms with Gasteiger partial charge in [-0.1, -0.05) is 34.6 Å². The summed E-state index contributed by atoms with van der Waals surface area (Å²) in [5.74, 6) is -5.67. The first-order valence-electron chi connectivity index (χ1n) is 24.0. The molecule has 1 fully saturated rings. The minimum Gasteiger partial charge on any atom is -0.469 e. The molecule has 1 N–H and O–H groups in total. The summed E-state index contributed by atoms with van der Waals surface area (Å²) in [6.45, 7) is 15.7. The molecule has 18 nitrogen and oxygen atoms in total. The van der Waals surface area contributed by atoms with Crippen molar-refractivity contribution < 1.29 is 66.7 Å². The van der Waals surface area contributed by atoms with E-state index in [9.17, 15) is 33.6 Å². The van der Waals surface area contributed by atoms with E-state index >= 15 is 0 Å². The van der Waals surface area contributed by atoms with E-state index in [1.54, 1.807) is 0 Å². The molecule has 0 spiro atoms. The Balaban J connectivity index is 2.05. The van der Waals surface area contributed by atoms with Crippen LogP contribution in [0.25, 0.3) is 0 Å². The van der Waals surface area contributed by atoms with Gasteiger partial charge in [0.05, 0.1) is 80.6 Å². The van der Waals surface area contributed by atoms with Crippen LogP contribution in [0, 0.1) is 45.3 Å². The summed E-state index contributed by atoms with van der Waals surface area (Å²) in [5, 5.41) is 3.73. The van der Waals surface area contributed by atoms with Crippen LogP contribution in [-0.4, -0.2) is 120 Å². The molecule has 5 aliphatic rings. The monoisotopic (exact) mass is 979 g/mol. The van der Waals surface area contributed by atoms with Gasteiger partial charge in [-0.15, -0.1) is 0 Å². The first-order chi connectivity index (χ1) is 32.8. The summed E-state index contributed by atoms with van der Waals surface area (Å²) in [5.41, 5.74) is -0.483. The van der Waals surface area contributed by atoms with Crippen molar-refractivity contribution in [3.63, 3.8) is 0 Å². The minimum absolute atomic E-state index is 0.0103. The van der Waals surface area contributed by atoms with Crippen molar-refractivity contribution in [2.75, 3.05) is 49.8 Å². The molecule has 386 valence electrons. The van der Waals surface area contributed by atoms with Crippen LogP contribution in [0.4, 0.5) is 0 Å². The van der Waals surface area contributed by atoms with E-state index in [0.29, 0.717) is 51.8 Å². The molecule has 0 unspecified atom stereocenters. The van der Waals surface area contributed by atoms with Gasteiger partial charge in [-0.05, 0) is 63.7 Å². The van der Waals surface area contributed by atoms with E-state index in [2.05, 4.69) is 19.2 Å². The van der Waals surface area contributed by atoms with Gasteiger partial charge in [0.25, 0.3) is 0 Å². The van der Waals surface area contributed by atoms with Crippen LogP contribution < -0.4 is 5.32 Å². The molecule has 0 aromatic carbocycles. The lowest BCUT2D eigenvalue weighted by molar-refractivity contribution is -0.147. The number of allylic oxidation sites excluding steroid dienone is 6. The Kier molecular flexibility index (Phi) is 16.9. The molecule has 9 atom stereocenters. The average molecular weight is 979 g/mol. The molecule has 0 aliphatic carbocycles. The van der Waals surface area contributed by atoms with E-state index in [0.717, 1.165) is 0 Å². The molecule has 0 radical (unpaired) electrons. The fraction of sp³-hybridized carbons (Fsp3) is 0.692. The van der Waals surface area contributed by atoms with Gasteiger partial charge in [0, 0.05) is 105 Å². The van der Waals surface area contributed by atoms with E-state index in [-0.39, 0.29) is 64.2 Å². The molecule has 5 rings (SSSR count). The largest absolute Gasteiger partial charge is 0.469 e. The molecule has 8 bridgehead atoms. The van der Waals surface area contributed by atoms with Crippen LogP contribution >= 0.6 is 0 Å². The average Bonchev–Trinajstić information content (AvgIpc) is 3.95. The molecule has 5 aliphatic heterocycles. The highest BCUT2D eigenvalue weighted by molar-refractivity contribution is 6.10. The number of esters is 7. The number of rotatable bonds is 18. The number of carbonyl (C=O) groups is 7. The van der Waals surface area contributed by atoms with Crippen LogP contribution in [0.2, 0.25) is 0 Å². The van der Waals surface area contributed by atoms with Crippen molar-refractivity contribution in [3.05, 3.63) is 34.3 Å². The molecule has 1 saturated heterocycles. The lowest BCUT2D eigenvalue weighted by Crippen LogP contribution is -2.55. The maximum atomic E-state index is 14.0. The number of ether oxygens (including phenoxy) is 7. The Hall–Kier alpha value is -5.68. The maximum Gasteiger partial charge on any atom is 0.306 e. The van der Waals surface area contributed by atoms with Crippen molar-refractivity contribution in [3.8, 4) is 0 Å². The molecule has 18 heteroatoms. The molecular weight excluding hydrogens is 905 g/mol. The summed E-state index contributed by atoms with van der Waals surface area (Å²) in [6, 6.07) is -0.888. The quantitative estimate of drug-likeness (QED) is 0.113. The van der Waals surface area contributed by atoms with Gasteiger partial charge in [0.1, 0.15) is 0 Å². The van der Waals surface area contributed by atoms with Crippen LogP contribution in [0.5, 0.6) is 0 Å². The van der Waals surface area contributed by atoms with Crippen molar-refractivity contribution in [1.29, 1.82) is 0 Å². The lowest BCUT2D eigenvalue weighted by Gasteiger charge is -2.48. The van der Waals surface area contributed by atoms with E-state index in [4.69, 9.17) is 48.1 Å². The summed E-state index contributed by atoms with van der Waals surface area (Å²) in [7, 11) is 9.21. The number of carbonyl (C=O) groups excluding carboxylic acids is 7. The van der Waals surface area contributed by atoms with E-state index in [1.807, 2.05) is 47.6 Å². The van der Waals surface area contributed by atoms with Crippen molar-refractivity contribution in [2.24, 2.45) is 60.3 Å². The third kappa shape index (κ3) is 9.97. The zero-order chi connectivity index (χ0) is 52.3. The lowest BCUT2D eigenvalue weighted by atomic mass is 9.55. The Morgan fingerprint density at radius 3 is 1.60 bits per heavy atom. The maximum absolute atomic E-state index is 14.0. The number of fused-ring (bicyclic) bond motifs is 6. The highest BCUT2D eigenvalue weighted by Crippen LogP contribution is 2.62. The smallest absolute Gasteiger partial charge is 0.306 e. The zero-order valence-corrected chi connectivity index (χ0v) is 43.8. The van der Waals surface area contributed by atoms with Gasteiger partial charge >= 0.3 is 41.8 Å². The van der Waals surface area contributed by atoms with Crippen LogP contribution in [0.3, 0.4) is 0 Å². The second-order valence-corrected chi connectivity index (χ2v) is 20.7. The number of nitrogens with zero attached hydrogens (tertiary/aromatic N) is 3. The predicted molar refractivity (Wildman–Crippen MR) is 258 cm³/mol. The van der Waals surface area contributed by atoms with Crippen molar-refractivity contribution in [2.45, 2.75) is 138 Å². The topological polar surface area (TPSA) is 233 Å². The van der Waals surface area contributed by atoms with Gasteiger partial charge in [0.2, 0.25) is 0 Å². The summed E-state index contributed by atoms with van der Waals surface area (Å²) in [6.07, 6.45) is 2.42. The standard InChI is InChI=1S/C52H74N4O14/c1-28-43-31(17-20-37(58)65-10)48(3,4)35(54-43)25-34-30(16-19-36(57)64-9)50(6,26-41(62)69-14)46(53-34)29(2)44-32(18-21-38(59)66-11)51(7,27-42(63)70-15)52(8,56-44)47-33(24-40(61)68-13)49(5,45(28)55-47)23-22-39(60)67-12/h25,30-33,47,53H,16-24,26-27H2,1-15H3/b34-25-,43-28-,46-29-/t30-,31-,32-,33+,47-,49-,50+,51+,52+/m1/s1. The Labute approximate surface area is 411 Å². The summed E-state index contributed by atoms with van der Waals surface area (Å²) in [4.78, 5) is 111. The number of nitrogens with one attached hydrogen (secondary N) is 1. The van der Waals surface area contributed by atoms with Crippen LogP contribution in [-0.2, 0) is 66.7 Å². The number of methoxy groups -OCH3 is 7. The molecule has 0 aromatic rings. The molecule has 0 saturated carbocycles. The second kappa shape index (κ2) is 21.4. The summed E-state index contributed by atoms with van der Waals surface area (Å²) >= 11 is 0. The van der Waals surface area contributed by atoms with Gasteiger partial charge in [-0.3, -0.25) is 48.5 Å².